The van der Waals surface area contributed by atoms with Gasteiger partial charge in [0, 0.05) is 33.4 Å². The quantitative estimate of drug-likeness (QED) is 0.145. The molecule has 57 heavy (non-hydrogen) atoms. The Bertz CT molecular complexity index is 2780. The van der Waals surface area contributed by atoms with Crippen molar-refractivity contribution in [2.75, 3.05) is 0 Å². The first-order valence-corrected chi connectivity index (χ1v) is 19.7. The van der Waals surface area contributed by atoms with Crippen molar-refractivity contribution in [3.63, 3.8) is 0 Å². The molecule has 2 aromatic heterocycles. The van der Waals surface area contributed by atoms with E-state index in [1.54, 1.807) is 0 Å². The number of benzene rings is 6. The molecule has 0 spiro atoms. The van der Waals surface area contributed by atoms with Gasteiger partial charge in [0.05, 0.1) is 18.0 Å². The maximum atomic E-state index is 7.49. The molecular formula is C51H38N6. The molecule has 0 saturated heterocycles. The Morgan fingerprint density at radius 1 is 0.421 bits per heavy atom. The maximum Gasteiger partial charge on any atom is 0.187 e. The average Bonchev–Trinajstić information content (AvgIpc) is 3.93. The van der Waals surface area contributed by atoms with Crippen LogP contribution in [0.25, 0.3) is 84.0 Å². The molecule has 6 nitrogen and oxygen atoms in total. The van der Waals surface area contributed by atoms with Crippen molar-refractivity contribution in [2.24, 2.45) is 5.92 Å². The Hall–Kier alpha value is -7.10. The molecule has 6 heteroatoms. The summed E-state index contributed by atoms with van der Waals surface area (Å²) in [5.74, 6) is 3.44. The first kappa shape index (κ1) is 34.4. The molecule has 0 aliphatic heterocycles. The summed E-state index contributed by atoms with van der Waals surface area (Å²) in [7, 11) is 0. The van der Waals surface area contributed by atoms with E-state index in [4.69, 9.17) is 31.5 Å². The van der Waals surface area contributed by atoms with Gasteiger partial charge >= 0.3 is 0 Å². The lowest BCUT2D eigenvalue weighted by Gasteiger charge is -2.27. The predicted octanol–water partition coefficient (Wildman–Crippen LogP) is 12.7. The van der Waals surface area contributed by atoms with E-state index < -0.39 is 0 Å². The van der Waals surface area contributed by atoms with Crippen molar-refractivity contribution in [1.29, 1.82) is 0 Å². The molecule has 2 fully saturated rings. The summed E-state index contributed by atoms with van der Waals surface area (Å²) in [5.41, 5.74) is 11.7. The van der Waals surface area contributed by atoms with Crippen molar-refractivity contribution < 1.29 is 0 Å². The number of hydrogen-bond donors (Lipinski definition) is 0. The van der Waals surface area contributed by atoms with Crippen LogP contribution in [0, 0.1) is 12.5 Å². The summed E-state index contributed by atoms with van der Waals surface area (Å²) in [6, 6.07) is 55.6. The molecule has 0 N–H and O–H groups in total. The van der Waals surface area contributed by atoms with Gasteiger partial charge in [-0.05, 0) is 84.4 Å². The summed E-state index contributed by atoms with van der Waals surface area (Å²) in [5, 5.41) is 0. The molecule has 8 aromatic rings. The highest BCUT2D eigenvalue weighted by Crippen LogP contribution is 2.55. The molecule has 0 radical (unpaired) electrons. The highest BCUT2D eigenvalue weighted by atomic mass is 15.0. The van der Waals surface area contributed by atoms with Gasteiger partial charge < -0.3 is 0 Å². The van der Waals surface area contributed by atoms with Crippen LogP contribution in [-0.4, -0.2) is 24.9 Å². The summed E-state index contributed by atoms with van der Waals surface area (Å²) < 4.78 is 0. The SMILES string of the molecule is [C-]#[N+]c1cccc(-c2cccc(-c3cc(-c4ccccc4)nc(-c4ccc(-c5nc(-c6ccccc6)nc(-c6cccc(C78CCC(CC7)C8)c6)n5)cc4)n3)c2)c1. The number of aromatic nitrogens is 5. The van der Waals surface area contributed by atoms with Gasteiger partial charge in [-0.15, -0.1) is 0 Å². The van der Waals surface area contributed by atoms with Crippen LogP contribution in [-0.2, 0) is 5.41 Å². The van der Waals surface area contributed by atoms with Crippen molar-refractivity contribution in [3.8, 4) is 79.2 Å². The third kappa shape index (κ3) is 6.79. The molecule has 2 bridgehead atoms. The van der Waals surface area contributed by atoms with Gasteiger partial charge in [-0.25, -0.2) is 29.8 Å². The minimum absolute atomic E-state index is 0.294. The fourth-order valence-corrected chi connectivity index (χ4v) is 8.80. The van der Waals surface area contributed by atoms with Crippen LogP contribution in [0.2, 0.25) is 0 Å². The van der Waals surface area contributed by atoms with Crippen LogP contribution >= 0.6 is 0 Å². The Balaban J connectivity index is 1.04. The first-order valence-electron chi connectivity index (χ1n) is 19.7. The van der Waals surface area contributed by atoms with E-state index in [0.717, 1.165) is 61.8 Å². The molecule has 2 aliphatic carbocycles. The molecule has 272 valence electrons. The molecule has 6 aromatic carbocycles. The van der Waals surface area contributed by atoms with Gasteiger partial charge in [0.25, 0.3) is 0 Å². The Kier molecular flexibility index (Phi) is 8.76. The number of fused-ring (bicyclic) bond motifs is 2. The molecule has 2 aliphatic rings. The van der Waals surface area contributed by atoms with Gasteiger partial charge in [0.1, 0.15) is 0 Å². The molecule has 2 saturated carbocycles. The van der Waals surface area contributed by atoms with Crippen LogP contribution in [0.4, 0.5) is 5.69 Å². The van der Waals surface area contributed by atoms with Crippen LogP contribution in [0.3, 0.4) is 0 Å². The average molecular weight is 735 g/mol. The van der Waals surface area contributed by atoms with Gasteiger partial charge in [-0.3, -0.25) is 0 Å². The van der Waals surface area contributed by atoms with Gasteiger partial charge in [-0.1, -0.05) is 140 Å². The molecule has 0 atom stereocenters. The summed E-state index contributed by atoms with van der Waals surface area (Å²) in [6.07, 6.45) is 6.52. The van der Waals surface area contributed by atoms with Crippen molar-refractivity contribution in [1.82, 2.24) is 24.9 Å². The van der Waals surface area contributed by atoms with Crippen molar-refractivity contribution in [3.05, 3.63) is 181 Å². The monoisotopic (exact) mass is 734 g/mol. The van der Waals surface area contributed by atoms with Gasteiger partial charge in [0.15, 0.2) is 29.0 Å². The minimum Gasteiger partial charge on any atom is -0.238 e. The Morgan fingerprint density at radius 2 is 0.912 bits per heavy atom. The normalized spacial score (nSPS) is 17.0. The standard InChI is InChI=1S/C51H38N6/c1-52-44-20-10-16-40(31-44)39-15-8-17-41(29-39)46-32-45(35-11-4-2-5-12-35)53-47(54-46)37-21-23-38(24-22-37)49-55-48(36-13-6-3-7-14-36)56-50(57-49)42-18-9-19-43(30-42)51-27-25-34(33-51)26-28-51/h2-24,29-32,34H,25-28,33H2. The lowest BCUT2D eigenvalue weighted by molar-refractivity contribution is 0.419. The maximum absolute atomic E-state index is 7.49. The van der Waals surface area contributed by atoms with E-state index in [2.05, 4.69) is 83.7 Å². The van der Waals surface area contributed by atoms with E-state index in [1.165, 1.54) is 37.7 Å². The predicted molar refractivity (Wildman–Crippen MR) is 228 cm³/mol. The number of rotatable bonds is 8. The molecule has 0 amide bonds. The summed E-state index contributed by atoms with van der Waals surface area (Å²) >= 11 is 0. The van der Waals surface area contributed by atoms with Crippen LogP contribution in [0.15, 0.2) is 164 Å². The third-order valence-electron chi connectivity index (χ3n) is 11.8. The second-order valence-corrected chi connectivity index (χ2v) is 15.3. The zero-order valence-electron chi connectivity index (χ0n) is 31.4. The Morgan fingerprint density at radius 3 is 1.54 bits per heavy atom. The second kappa shape index (κ2) is 14.5. The summed E-state index contributed by atoms with van der Waals surface area (Å²) in [6.45, 7) is 7.49. The second-order valence-electron chi connectivity index (χ2n) is 15.3. The summed E-state index contributed by atoms with van der Waals surface area (Å²) in [4.78, 5) is 29.0. The lowest BCUT2D eigenvalue weighted by atomic mass is 9.77. The highest BCUT2D eigenvalue weighted by Gasteiger charge is 2.45. The number of nitrogens with zero attached hydrogens (tertiary/aromatic N) is 6. The molecule has 10 rings (SSSR count). The molecule has 2 heterocycles. The topological polar surface area (TPSA) is 68.8 Å². The van der Waals surface area contributed by atoms with E-state index in [9.17, 15) is 0 Å². The highest BCUT2D eigenvalue weighted by molar-refractivity contribution is 5.77. The van der Waals surface area contributed by atoms with Crippen LogP contribution in [0.5, 0.6) is 0 Å². The minimum atomic E-state index is 0.294. The molecular weight excluding hydrogens is 697 g/mol. The number of hydrogen-bond acceptors (Lipinski definition) is 5. The van der Waals surface area contributed by atoms with E-state index in [1.807, 2.05) is 84.9 Å². The van der Waals surface area contributed by atoms with E-state index in [-0.39, 0.29) is 0 Å². The van der Waals surface area contributed by atoms with Crippen molar-refractivity contribution in [2.45, 2.75) is 37.5 Å². The first-order chi connectivity index (χ1) is 28.1. The van der Waals surface area contributed by atoms with E-state index in [0.29, 0.717) is 34.4 Å². The van der Waals surface area contributed by atoms with E-state index >= 15 is 0 Å². The van der Waals surface area contributed by atoms with Gasteiger partial charge in [-0.2, -0.15) is 0 Å². The fourth-order valence-electron chi connectivity index (χ4n) is 8.80. The van der Waals surface area contributed by atoms with Gasteiger partial charge in [0.2, 0.25) is 0 Å². The van der Waals surface area contributed by atoms with Crippen LogP contribution < -0.4 is 0 Å². The smallest absolute Gasteiger partial charge is 0.187 e. The fraction of sp³-hybridized carbons (Fsp3) is 0.137. The lowest BCUT2D eigenvalue weighted by Crippen LogP contribution is -2.19. The zero-order valence-corrected chi connectivity index (χ0v) is 31.4. The molecule has 0 unspecified atom stereocenters. The van der Waals surface area contributed by atoms with Crippen LogP contribution in [0.1, 0.15) is 37.7 Å². The third-order valence-corrected chi connectivity index (χ3v) is 11.8. The van der Waals surface area contributed by atoms with Crippen molar-refractivity contribution >= 4 is 5.69 Å². The largest absolute Gasteiger partial charge is 0.238 e. The zero-order chi connectivity index (χ0) is 38.2. The Labute approximate surface area is 332 Å².